The third kappa shape index (κ3) is 5.11. The van der Waals surface area contributed by atoms with Gasteiger partial charge in [-0.25, -0.2) is 4.98 Å². The molecule has 0 aliphatic rings. The Morgan fingerprint density at radius 1 is 1.29 bits per heavy atom. The molecule has 2 aromatic heterocycles. The van der Waals surface area contributed by atoms with Crippen LogP contribution < -0.4 is 10.1 Å². The number of hydrogen-bond donors (Lipinski definition) is 1. The first kappa shape index (κ1) is 20.3. The monoisotopic (exact) mass is 417 g/mol. The van der Waals surface area contributed by atoms with Crippen molar-refractivity contribution in [2.75, 3.05) is 18.2 Å². The predicted octanol–water partition coefficient (Wildman–Crippen LogP) is 4.25. The van der Waals surface area contributed by atoms with Gasteiger partial charge in [0.25, 0.3) is 0 Å². The summed E-state index contributed by atoms with van der Waals surface area (Å²) in [5, 5.41) is 14.8. The van der Waals surface area contributed by atoms with Crippen LogP contribution in [0.15, 0.2) is 34.8 Å². The molecule has 28 heavy (non-hydrogen) atoms. The molecule has 0 fully saturated rings. The molecule has 0 saturated carbocycles. The largest absolute Gasteiger partial charge is 0.497 e. The molecule has 148 valence electrons. The summed E-state index contributed by atoms with van der Waals surface area (Å²) in [6.07, 6.45) is 2.08. The van der Waals surface area contributed by atoms with Crippen molar-refractivity contribution in [2.24, 2.45) is 0 Å². The van der Waals surface area contributed by atoms with Crippen molar-refractivity contribution in [3.8, 4) is 17.1 Å². The highest BCUT2D eigenvalue weighted by molar-refractivity contribution is 7.99. The summed E-state index contributed by atoms with van der Waals surface area (Å²) >= 11 is 2.81. The van der Waals surface area contributed by atoms with Crippen LogP contribution in [-0.2, 0) is 11.3 Å². The molecule has 1 N–H and O–H groups in total. The molecular weight excluding hydrogens is 394 g/mol. The van der Waals surface area contributed by atoms with E-state index >= 15 is 0 Å². The molecule has 3 rings (SSSR count). The summed E-state index contributed by atoms with van der Waals surface area (Å²) in [4.78, 5) is 16.5. The van der Waals surface area contributed by atoms with Crippen molar-refractivity contribution in [3.63, 3.8) is 0 Å². The Kier molecular flexibility index (Phi) is 7.05. The van der Waals surface area contributed by atoms with Gasteiger partial charge >= 0.3 is 0 Å². The zero-order chi connectivity index (χ0) is 19.9. The van der Waals surface area contributed by atoms with Crippen LogP contribution in [0.2, 0.25) is 0 Å². The third-order valence-corrected chi connectivity index (χ3v) is 5.84. The van der Waals surface area contributed by atoms with Crippen molar-refractivity contribution < 1.29 is 9.53 Å². The van der Waals surface area contributed by atoms with E-state index in [0.717, 1.165) is 47.4 Å². The molecule has 0 saturated heterocycles. The fraction of sp³-hybridized carbons (Fsp3) is 0.368. The van der Waals surface area contributed by atoms with Crippen LogP contribution >= 0.6 is 23.1 Å². The van der Waals surface area contributed by atoms with E-state index < -0.39 is 0 Å². The molecule has 1 aromatic carbocycles. The van der Waals surface area contributed by atoms with Crippen molar-refractivity contribution in [1.29, 1.82) is 0 Å². The smallest absolute Gasteiger partial charge is 0.236 e. The molecule has 0 bridgehead atoms. The summed E-state index contributed by atoms with van der Waals surface area (Å²) in [7, 11) is 1.64. The minimum absolute atomic E-state index is 0.101. The zero-order valence-electron chi connectivity index (χ0n) is 16.1. The summed E-state index contributed by atoms with van der Waals surface area (Å²) < 4.78 is 7.31. The molecule has 0 radical (unpaired) electrons. The molecule has 7 nitrogen and oxygen atoms in total. The van der Waals surface area contributed by atoms with E-state index in [-0.39, 0.29) is 11.7 Å². The number of carbonyl (C=O) groups is 1. The highest BCUT2D eigenvalue weighted by Gasteiger charge is 2.16. The first-order valence-corrected chi connectivity index (χ1v) is 10.9. The van der Waals surface area contributed by atoms with E-state index in [1.807, 2.05) is 36.6 Å². The van der Waals surface area contributed by atoms with Gasteiger partial charge in [-0.2, -0.15) is 0 Å². The minimum Gasteiger partial charge on any atom is -0.497 e. The third-order valence-electron chi connectivity index (χ3n) is 4.00. The SMILES string of the molecule is CCCCn1c(SCC(=O)Nc2nc(C)cs2)nnc1-c1ccc(OC)cc1. The second-order valence-corrected chi connectivity index (χ2v) is 7.97. The van der Waals surface area contributed by atoms with E-state index in [1.54, 1.807) is 7.11 Å². The van der Waals surface area contributed by atoms with E-state index in [9.17, 15) is 4.79 Å². The Hall–Kier alpha value is -2.39. The Balaban J connectivity index is 1.72. The lowest BCUT2D eigenvalue weighted by Crippen LogP contribution is -2.14. The highest BCUT2D eigenvalue weighted by atomic mass is 32.2. The van der Waals surface area contributed by atoms with Gasteiger partial charge in [0.05, 0.1) is 18.6 Å². The summed E-state index contributed by atoms with van der Waals surface area (Å²) in [5.74, 6) is 1.75. The van der Waals surface area contributed by atoms with Crippen molar-refractivity contribution in [1.82, 2.24) is 19.7 Å². The van der Waals surface area contributed by atoms with Crippen LogP contribution in [0.1, 0.15) is 25.5 Å². The minimum atomic E-state index is -0.101. The number of unbranched alkanes of at least 4 members (excludes halogenated alkanes) is 1. The summed E-state index contributed by atoms with van der Waals surface area (Å²) in [6.45, 7) is 4.85. The fourth-order valence-corrected chi connectivity index (χ4v) is 4.03. The lowest BCUT2D eigenvalue weighted by Gasteiger charge is -2.10. The number of thiazole rings is 1. The molecule has 0 unspecified atom stereocenters. The number of rotatable bonds is 9. The van der Waals surface area contributed by atoms with Gasteiger partial charge in [0, 0.05) is 17.5 Å². The van der Waals surface area contributed by atoms with Crippen LogP contribution in [-0.4, -0.2) is 38.5 Å². The number of methoxy groups -OCH3 is 1. The van der Waals surface area contributed by atoms with Crippen molar-refractivity contribution >= 4 is 34.1 Å². The maximum Gasteiger partial charge on any atom is 0.236 e. The van der Waals surface area contributed by atoms with E-state index in [1.165, 1.54) is 23.1 Å². The Bertz CT molecular complexity index is 921. The first-order valence-electron chi connectivity index (χ1n) is 9.03. The van der Waals surface area contributed by atoms with Crippen molar-refractivity contribution in [2.45, 2.75) is 38.4 Å². The van der Waals surface area contributed by atoms with Gasteiger partial charge in [0.15, 0.2) is 16.1 Å². The molecule has 1 amide bonds. The standard InChI is InChI=1S/C19H23N5O2S2/c1-4-5-10-24-17(14-6-8-15(26-3)9-7-14)22-23-19(24)28-12-16(25)21-18-20-13(2)11-27-18/h6-9,11H,4-5,10,12H2,1-3H3,(H,20,21,25). The second kappa shape index (κ2) is 9.70. The summed E-state index contributed by atoms with van der Waals surface area (Å²) in [6, 6.07) is 7.75. The molecule has 0 aliphatic carbocycles. The number of benzene rings is 1. The number of anilines is 1. The number of carbonyl (C=O) groups excluding carboxylic acids is 1. The number of nitrogens with zero attached hydrogens (tertiary/aromatic N) is 4. The van der Waals surface area contributed by atoms with Gasteiger partial charge in [-0.15, -0.1) is 21.5 Å². The van der Waals surface area contributed by atoms with Crippen LogP contribution in [0, 0.1) is 6.92 Å². The number of ether oxygens (including phenoxy) is 1. The fourth-order valence-electron chi connectivity index (χ4n) is 2.56. The number of amides is 1. The van der Waals surface area contributed by atoms with Gasteiger partial charge in [-0.3, -0.25) is 4.79 Å². The van der Waals surface area contributed by atoms with Gasteiger partial charge in [0.2, 0.25) is 5.91 Å². The van der Waals surface area contributed by atoms with E-state index in [2.05, 4.69) is 32.0 Å². The topological polar surface area (TPSA) is 81.9 Å². The van der Waals surface area contributed by atoms with Gasteiger partial charge < -0.3 is 14.6 Å². The maximum atomic E-state index is 12.2. The molecule has 0 spiro atoms. The normalized spacial score (nSPS) is 10.8. The Morgan fingerprint density at radius 2 is 2.07 bits per heavy atom. The maximum absolute atomic E-state index is 12.2. The van der Waals surface area contributed by atoms with Gasteiger partial charge in [-0.1, -0.05) is 25.1 Å². The molecule has 2 heterocycles. The molecule has 9 heteroatoms. The van der Waals surface area contributed by atoms with Gasteiger partial charge in [-0.05, 0) is 37.6 Å². The lowest BCUT2D eigenvalue weighted by atomic mass is 10.2. The predicted molar refractivity (Wildman–Crippen MR) is 113 cm³/mol. The number of hydrogen-bond acceptors (Lipinski definition) is 7. The quantitative estimate of drug-likeness (QED) is 0.524. The average Bonchev–Trinajstić information content (AvgIpc) is 3.30. The lowest BCUT2D eigenvalue weighted by molar-refractivity contribution is -0.113. The number of nitrogens with one attached hydrogen (secondary N) is 1. The van der Waals surface area contributed by atoms with Crippen molar-refractivity contribution in [3.05, 3.63) is 35.3 Å². The van der Waals surface area contributed by atoms with Crippen LogP contribution in [0.5, 0.6) is 5.75 Å². The Labute approximate surface area is 172 Å². The second-order valence-electron chi connectivity index (χ2n) is 6.17. The zero-order valence-corrected chi connectivity index (χ0v) is 17.8. The number of aromatic nitrogens is 4. The van der Waals surface area contributed by atoms with E-state index in [4.69, 9.17) is 4.74 Å². The number of thioether (sulfide) groups is 1. The molecule has 0 aliphatic heterocycles. The number of aryl methyl sites for hydroxylation is 1. The summed E-state index contributed by atoms with van der Waals surface area (Å²) in [5.41, 5.74) is 1.87. The Morgan fingerprint density at radius 3 is 2.71 bits per heavy atom. The van der Waals surface area contributed by atoms with Crippen LogP contribution in [0.3, 0.4) is 0 Å². The average molecular weight is 418 g/mol. The molecular formula is C19H23N5O2S2. The van der Waals surface area contributed by atoms with Crippen LogP contribution in [0.4, 0.5) is 5.13 Å². The highest BCUT2D eigenvalue weighted by Crippen LogP contribution is 2.26. The van der Waals surface area contributed by atoms with E-state index in [0.29, 0.717) is 5.13 Å². The molecule has 3 aromatic rings. The van der Waals surface area contributed by atoms with Gasteiger partial charge in [0.1, 0.15) is 5.75 Å². The molecule has 0 atom stereocenters. The van der Waals surface area contributed by atoms with Crippen LogP contribution in [0.25, 0.3) is 11.4 Å². The first-order chi connectivity index (χ1) is 13.6.